The summed E-state index contributed by atoms with van der Waals surface area (Å²) in [6.07, 6.45) is -0.821. The van der Waals surface area contributed by atoms with Gasteiger partial charge in [-0.3, -0.25) is 0 Å². The first-order valence-corrected chi connectivity index (χ1v) is 7.35. The van der Waals surface area contributed by atoms with Gasteiger partial charge in [-0.05, 0) is 35.3 Å². The molecule has 104 valence electrons. The number of benzene rings is 1. The lowest BCUT2D eigenvalue weighted by Gasteiger charge is -2.13. The summed E-state index contributed by atoms with van der Waals surface area (Å²) in [7, 11) is 0. The van der Waals surface area contributed by atoms with Crippen LogP contribution in [0.15, 0.2) is 18.2 Å². The maximum Gasteiger partial charge on any atom is 0.162 e. The van der Waals surface area contributed by atoms with E-state index in [1.54, 1.807) is 18.2 Å². The summed E-state index contributed by atoms with van der Waals surface area (Å²) in [4.78, 5) is 0. The number of nitrogens with zero attached hydrogens (tertiary/aromatic N) is 2. The second kappa shape index (κ2) is 6.61. The molecule has 1 aromatic carbocycles. The summed E-state index contributed by atoms with van der Waals surface area (Å²) in [5.74, 6) is 0. The maximum absolute atomic E-state index is 10.1. The Hall–Kier alpha value is -1.03. The molecule has 2 N–H and O–H groups in total. The molecular weight excluding hydrogens is 341 g/mol. The zero-order chi connectivity index (χ0) is 14.7. The molecule has 0 aliphatic carbocycles. The van der Waals surface area contributed by atoms with Gasteiger partial charge in [-0.1, -0.05) is 34.8 Å². The van der Waals surface area contributed by atoms with Crippen LogP contribution in [0.2, 0.25) is 15.2 Å². The van der Waals surface area contributed by atoms with Crippen LogP contribution in [0.4, 0.5) is 5.00 Å². The van der Waals surface area contributed by atoms with Crippen molar-refractivity contribution in [1.29, 1.82) is 5.26 Å². The number of aliphatic hydroxyl groups excluding tert-OH is 1. The molecule has 0 spiro atoms. The number of aromatic nitrogens is 1. The molecule has 1 aromatic heterocycles. The van der Waals surface area contributed by atoms with Crippen LogP contribution in [0.3, 0.4) is 0 Å². The second-order valence-corrected chi connectivity index (χ2v) is 5.89. The average molecular weight is 349 g/mol. The van der Waals surface area contributed by atoms with Gasteiger partial charge in [0.25, 0.3) is 0 Å². The van der Waals surface area contributed by atoms with Crippen LogP contribution in [-0.4, -0.2) is 16.0 Å². The lowest BCUT2D eigenvalue weighted by Crippen LogP contribution is -2.12. The van der Waals surface area contributed by atoms with E-state index >= 15 is 0 Å². The number of rotatable bonds is 4. The third-order valence-corrected chi connectivity index (χ3v) is 4.10. The van der Waals surface area contributed by atoms with Crippen molar-refractivity contribution >= 4 is 51.3 Å². The molecule has 0 saturated carbocycles. The lowest BCUT2D eigenvalue weighted by atomic mass is 10.1. The highest BCUT2D eigenvalue weighted by Crippen LogP contribution is 2.29. The molecule has 0 fully saturated rings. The molecule has 2 aromatic rings. The minimum atomic E-state index is -0.821. The minimum Gasteiger partial charge on any atom is -0.387 e. The quantitative estimate of drug-likeness (QED) is 0.872. The number of anilines is 1. The van der Waals surface area contributed by atoms with Crippen molar-refractivity contribution in [3.63, 3.8) is 0 Å². The topological polar surface area (TPSA) is 68.9 Å². The first-order chi connectivity index (χ1) is 9.51. The molecular formula is C12H8Cl3N3OS. The molecule has 2 rings (SSSR count). The van der Waals surface area contributed by atoms with Gasteiger partial charge in [-0.25, -0.2) is 0 Å². The van der Waals surface area contributed by atoms with Gasteiger partial charge >= 0.3 is 0 Å². The van der Waals surface area contributed by atoms with Crippen LogP contribution in [0.1, 0.15) is 17.2 Å². The summed E-state index contributed by atoms with van der Waals surface area (Å²) in [6, 6.07) is 6.80. The van der Waals surface area contributed by atoms with Crippen molar-refractivity contribution in [3.8, 4) is 6.07 Å². The van der Waals surface area contributed by atoms with E-state index in [0.717, 1.165) is 11.5 Å². The molecule has 1 heterocycles. The smallest absolute Gasteiger partial charge is 0.162 e. The highest BCUT2D eigenvalue weighted by molar-refractivity contribution is 7.10. The van der Waals surface area contributed by atoms with E-state index in [1.807, 2.05) is 6.07 Å². The SMILES string of the molecule is N#Cc1c(Cl)nsc1NCC(O)c1cc(Cl)cc(Cl)c1. The fraction of sp³-hybridized carbons (Fsp3) is 0.167. The highest BCUT2D eigenvalue weighted by Gasteiger charge is 2.14. The highest BCUT2D eigenvalue weighted by atomic mass is 35.5. The van der Waals surface area contributed by atoms with E-state index in [9.17, 15) is 5.11 Å². The summed E-state index contributed by atoms with van der Waals surface area (Å²) in [6.45, 7) is 0.184. The zero-order valence-electron chi connectivity index (χ0n) is 9.90. The van der Waals surface area contributed by atoms with Gasteiger partial charge in [-0.15, -0.1) is 0 Å². The van der Waals surface area contributed by atoms with E-state index in [-0.39, 0.29) is 17.3 Å². The Kier molecular flexibility index (Phi) is 5.08. The minimum absolute atomic E-state index is 0.153. The molecule has 0 aliphatic heterocycles. The molecule has 0 amide bonds. The normalized spacial score (nSPS) is 11.9. The third-order valence-electron chi connectivity index (χ3n) is 2.49. The average Bonchev–Trinajstić information content (AvgIpc) is 2.75. The van der Waals surface area contributed by atoms with Crippen molar-refractivity contribution in [3.05, 3.63) is 44.5 Å². The molecule has 4 nitrogen and oxygen atoms in total. The van der Waals surface area contributed by atoms with E-state index in [2.05, 4.69) is 9.69 Å². The third kappa shape index (κ3) is 3.54. The molecule has 0 saturated heterocycles. The summed E-state index contributed by atoms with van der Waals surface area (Å²) < 4.78 is 3.86. The Labute approximate surface area is 134 Å². The number of nitriles is 1. The van der Waals surface area contributed by atoms with Crippen LogP contribution >= 0.6 is 46.3 Å². The van der Waals surface area contributed by atoms with Crippen LogP contribution in [0.25, 0.3) is 0 Å². The monoisotopic (exact) mass is 347 g/mol. The molecule has 8 heteroatoms. The predicted molar refractivity (Wildman–Crippen MR) is 81.8 cm³/mol. The zero-order valence-corrected chi connectivity index (χ0v) is 13.0. The van der Waals surface area contributed by atoms with Crippen molar-refractivity contribution in [2.75, 3.05) is 11.9 Å². The van der Waals surface area contributed by atoms with Crippen LogP contribution in [0.5, 0.6) is 0 Å². The Morgan fingerprint density at radius 2 is 1.95 bits per heavy atom. The van der Waals surface area contributed by atoms with Gasteiger partial charge in [-0.2, -0.15) is 9.64 Å². The van der Waals surface area contributed by atoms with E-state index < -0.39 is 6.10 Å². The van der Waals surface area contributed by atoms with Gasteiger partial charge in [0, 0.05) is 16.6 Å². The Morgan fingerprint density at radius 1 is 1.30 bits per heavy atom. The molecule has 1 unspecified atom stereocenters. The van der Waals surface area contributed by atoms with E-state index in [0.29, 0.717) is 20.6 Å². The molecule has 1 atom stereocenters. The Morgan fingerprint density at radius 3 is 2.55 bits per heavy atom. The first kappa shape index (κ1) is 15.4. The fourth-order valence-electron chi connectivity index (χ4n) is 1.56. The van der Waals surface area contributed by atoms with Gasteiger partial charge < -0.3 is 10.4 Å². The van der Waals surface area contributed by atoms with E-state index in [4.69, 9.17) is 40.1 Å². The van der Waals surface area contributed by atoms with Crippen molar-refractivity contribution in [2.45, 2.75) is 6.10 Å². The lowest BCUT2D eigenvalue weighted by molar-refractivity contribution is 0.192. The number of nitrogens with one attached hydrogen (secondary N) is 1. The van der Waals surface area contributed by atoms with Crippen molar-refractivity contribution in [1.82, 2.24) is 4.37 Å². The molecule has 0 bridgehead atoms. The number of aliphatic hydroxyl groups is 1. The fourth-order valence-corrected chi connectivity index (χ4v) is 3.05. The van der Waals surface area contributed by atoms with Crippen LogP contribution < -0.4 is 5.32 Å². The Bertz CT molecular complexity index is 648. The summed E-state index contributed by atoms with van der Waals surface area (Å²) in [5.41, 5.74) is 0.858. The van der Waals surface area contributed by atoms with Gasteiger partial charge in [0.2, 0.25) is 0 Å². The van der Waals surface area contributed by atoms with E-state index in [1.165, 1.54) is 0 Å². The maximum atomic E-state index is 10.1. The molecule has 0 radical (unpaired) electrons. The molecule has 20 heavy (non-hydrogen) atoms. The Balaban J connectivity index is 2.08. The van der Waals surface area contributed by atoms with Crippen molar-refractivity contribution in [2.24, 2.45) is 0 Å². The summed E-state index contributed by atoms with van der Waals surface area (Å²) in [5, 5.41) is 23.5. The van der Waals surface area contributed by atoms with Crippen LogP contribution in [0, 0.1) is 11.3 Å². The largest absolute Gasteiger partial charge is 0.387 e. The predicted octanol–water partition coefficient (Wildman–Crippen LogP) is 4.12. The number of hydrogen-bond acceptors (Lipinski definition) is 5. The van der Waals surface area contributed by atoms with Gasteiger partial charge in [0.1, 0.15) is 16.6 Å². The standard InChI is InChI=1S/C12H8Cl3N3OS/c13-7-1-6(2-8(14)3-7)10(19)5-17-12-9(4-16)11(15)18-20-12/h1-3,10,17,19H,5H2. The van der Waals surface area contributed by atoms with Gasteiger partial charge in [0.15, 0.2) is 5.15 Å². The van der Waals surface area contributed by atoms with Crippen molar-refractivity contribution < 1.29 is 5.11 Å². The number of hydrogen-bond donors (Lipinski definition) is 2. The number of halogens is 3. The summed E-state index contributed by atoms with van der Waals surface area (Å²) >= 11 is 18.6. The first-order valence-electron chi connectivity index (χ1n) is 5.44. The molecule has 0 aliphatic rings. The second-order valence-electron chi connectivity index (χ2n) is 3.89. The van der Waals surface area contributed by atoms with Crippen LogP contribution in [-0.2, 0) is 0 Å². The van der Waals surface area contributed by atoms with Gasteiger partial charge in [0.05, 0.1) is 6.10 Å².